The second-order valence-corrected chi connectivity index (χ2v) is 10.7. The van der Waals surface area contributed by atoms with Crippen LogP contribution < -0.4 is 4.80 Å². The van der Waals surface area contributed by atoms with Gasteiger partial charge in [-0.1, -0.05) is 12.1 Å². The van der Waals surface area contributed by atoms with Gasteiger partial charge in [0.2, 0.25) is 10.0 Å². The summed E-state index contributed by atoms with van der Waals surface area (Å²) < 4.78 is 30.2. The highest BCUT2D eigenvalue weighted by molar-refractivity contribution is 14.1. The lowest BCUT2D eigenvalue weighted by molar-refractivity contribution is 0.477. The zero-order valence-electron chi connectivity index (χ0n) is 15.8. The van der Waals surface area contributed by atoms with Gasteiger partial charge < -0.3 is 4.57 Å². The lowest BCUT2D eigenvalue weighted by atomic mass is 10.2. The standard InChI is InChI=1S/C20H20IN3O2S2.BrH/c1-23-19(14-27-20(23)22-17-8-6-16(21)7-9-17)15-4-10-18(11-5-15)28(25,26)24-12-2-3-13-24;/h4-11,14H,2-3,12-13H2,1H3;1H. The molecule has 1 fully saturated rings. The Morgan fingerprint density at radius 2 is 1.62 bits per heavy atom. The first-order chi connectivity index (χ1) is 13.4. The van der Waals surface area contributed by atoms with Gasteiger partial charge in [0.05, 0.1) is 16.3 Å². The van der Waals surface area contributed by atoms with Crippen molar-refractivity contribution in [3.63, 3.8) is 0 Å². The molecule has 0 unspecified atom stereocenters. The number of nitrogens with zero attached hydrogens (tertiary/aromatic N) is 3. The third kappa shape index (κ3) is 4.84. The summed E-state index contributed by atoms with van der Waals surface area (Å²) in [6, 6.07) is 15.2. The van der Waals surface area contributed by atoms with Gasteiger partial charge in [-0.25, -0.2) is 13.4 Å². The summed E-state index contributed by atoms with van der Waals surface area (Å²) >= 11 is 3.84. The molecule has 0 aliphatic carbocycles. The molecular weight excluding hydrogens is 585 g/mol. The van der Waals surface area contributed by atoms with Gasteiger partial charge in [-0.15, -0.1) is 28.3 Å². The van der Waals surface area contributed by atoms with E-state index in [1.165, 1.54) is 3.57 Å². The molecule has 0 bridgehead atoms. The van der Waals surface area contributed by atoms with E-state index in [2.05, 4.69) is 28.0 Å². The van der Waals surface area contributed by atoms with E-state index in [4.69, 9.17) is 4.99 Å². The van der Waals surface area contributed by atoms with Gasteiger partial charge in [0.1, 0.15) is 0 Å². The van der Waals surface area contributed by atoms with Crippen LogP contribution in [0.25, 0.3) is 11.3 Å². The van der Waals surface area contributed by atoms with Crippen molar-refractivity contribution in [1.29, 1.82) is 0 Å². The Morgan fingerprint density at radius 1 is 1.00 bits per heavy atom. The lowest BCUT2D eigenvalue weighted by Crippen LogP contribution is -2.27. The maximum atomic E-state index is 12.7. The first-order valence-electron chi connectivity index (χ1n) is 9.00. The molecule has 1 aliphatic rings. The first kappa shape index (κ1) is 22.7. The van der Waals surface area contributed by atoms with E-state index >= 15 is 0 Å². The molecule has 0 radical (unpaired) electrons. The molecule has 5 nitrogen and oxygen atoms in total. The van der Waals surface area contributed by atoms with Crippen molar-refractivity contribution >= 4 is 66.6 Å². The minimum atomic E-state index is -3.38. The summed E-state index contributed by atoms with van der Waals surface area (Å²) in [4.78, 5) is 5.97. The second kappa shape index (κ2) is 9.42. The normalized spacial score (nSPS) is 15.4. The van der Waals surface area contributed by atoms with E-state index in [0.717, 1.165) is 34.6 Å². The lowest BCUT2D eigenvalue weighted by Gasteiger charge is -2.15. The molecule has 4 rings (SSSR count). The largest absolute Gasteiger partial charge is 0.320 e. The van der Waals surface area contributed by atoms with Crippen LogP contribution >= 0.6 is 50.9 Å². The van der Waals surface area contributed by atoms with Crippen LogP contribution in [0, 0.1) is 3.57 Å². The van der Waals surface area contributed by atoms with Crippen LogP contribution in [0.4, 0.5) is 5.69 Å². The number of sulfonamides is 1. The molecule has 1 aliphatic heterocycles. The molecule has 0 saturated carbocycles. The fourth-order valence-electron chi connectivity index (χ4n) is 3.23. The number of thiazole rings is 1. The molecule has 3 aromatic rings. The Labute approximate surface area is 199 Å². The molecule has 1 saturated heterocycles. The Morgan fingerprint density at radius 3 is 2.24 bits per heavy atom. The minimum Gasteiger partial charge on any atom is -0.320 e. The summed E-state index contributed by atoms with van der Waals surface area (Å²) in [6.07, 6.45) is 1.88. The van der Waals surface area contributed by atoms with Crippen molar-refractivity contribution in [2.45, 2.75) is 17.7 Å². The number of halogens is 2. The van der Waals surface area contributed by atoms with Crippen LogP contribution in [-0.2, 0) is 17.1 Å². The predicted molar refractivity (Wildman–Crippen MR) is 131 cm³/mol. The SMILES string of the molecule is Br.Cn1c(-c2ccc(S(=O)(=O)N3CCCC3)cc2)csc1=Nc1ccc(I)cc1. The van der Waals surface area contributed by atoms with Gasteiger partial charge >= 0.3 is 0 Å². The van der Waals surface area contributed by atoms with Crippen LogP contribution in [0.2, 0.25) is 0 Å². The average Bonchev–Trinajstić information content (AvgIpc) is 3.35. The summed E-state index contributed by atoms with van der Waals surface area (Å²) in [5, 5.41) is 2.05. The Balaban J connectivity index is 0.00000240. The van der Waals surface area contributed by atoms with Crippen LogP contribution in [0.5, 0.6) is 0 Å². The topological polar surface area (TPSA) is 54.7 Å². The molecule has 0 atom stereocenters. The number of hydrogen-bond acceptors (Lipinski definition) is 4. The fourth-order valence-corrected chi connectivity index (χ4v) is 6.04. The molecule has 0 N–H and O–H groups in total. The molecule has 0 amide bonds. The van der Waals surface area contributed by atoms with E-state index in [0.29, 0.717) is 18.0 Å². The maximum Gasteiger partial charge on any atom is 0.243 e. The predicted octanol–water partition coefficient (Wildman–Crippen LogP) is 4.95. The highest BCUT2D eigenvalue weighted by Crippen LogP contribution is 2.25. The first-order valence-corrected chi connectivity index (χ1v) is 12.4. The van der Waals surface area contributed by atoms with Crippen LogP contribution in [0.1, 0.15) is 12.8 Å². The Kier molecular flexibility index (Phi) is 7.36. The van der Waals surface area contributed by atoms with E-state index in [1.54, 1.807) is 27.8 Å². The molecule has 154 valence electrons. The molecule has 0 spiro atoms. The minimum absolute atomic E-state index is 0. The highest BCUT2D eigenvalue weighted by Gasteiger charge is 2.27. The number of benzene rings is 2. The number of hydrogen-bond donors (Lipinski definition) is 0. The van der Waals surface area contributed by atoms with Crippen molar-refractivity contribution in [3.8, 4) is 11.3 Å². The van der Waals surface area contributed by atoms with Gasteiger partial charge in [0.25, 0.3) is 0 Å². The molecule has 29 heavy (non-hydrogen) atoms. The van der Waals surface area contributed by atoms with Crippen molar-refractivity contribution < 1.29 is 8.42 Å². The number of aromatic nitrogens is 1. The zero-order valence-corrected chi connectivity index (χ0v) is 21.3. The van der Waals surface area contributed by atoms with Crippen molar-refractivity contribution in [1.82, 2.24) is 8.87 Å². The highest BCUT2D eigenvalue weighted by atomic mass is 127. The van der Waals surface area contributed by atoms with Gasteiger partial charge in [-0.2, -0.15) is 4.31 Å². The van der Waals surface area contributed by atoms with Gasteiger partial charge in [0.15, 0.2) is 4.80 Å². The monoisotopic (exact) mass is 605 g/mol. The van der Waals surface area contributed by atoms with Crippen LogP contribution in [-0.4, -0.2) is 30.4 Å². The Bertz CT molecular complexity index is 1150. The molecular formula is C20H21BrIN3O2S2. The van der Waals surface area contributed by atoms with Gasteiger partial charge in [-0.3, -0.25) is 0 Å². The van der Waals surface area contributed by atoms with Gasteiger partial charge in [-0.05, 0) is 77.4 Å². The van der Waals surface area contributed by atoms with Crippen LogP contribution in [0.15, 0.2) is 63.8 Å². The van der Waals surface area contributed by atoms with E-state index in [1.807, 2.05) is 48.0 Å². The van der Waals surface area contributed by atoms with Gasteiger partial charge in [0, 0.05) is 29.1 Å². The fraction of sp³-hybridized carbons (Fsp3) is 0.250. The van der Waals surface area contributed by atoms with E-state index in [-0.39, 0.29) is 17.0 Å². The quantitative estimate of drug-likeness (QED) is 0.395. The summed E-state index contributed by atoms with van der Waals surface area (Å²) in [5.41, 5.74) is 2.90. The molecule has 1 aromatic heterocycles. The molecule has 9 heteroatoms. The molecule has 2 heterocycles. The summed E-state index contributed by atoms with van der Waals surface area (Å²) in [7, 11) is -1.40. The third-order valence-electron chi connectivity index (χ3n) is 4.83. The third-order valence-corrected chi connectivity index (χ3v) is 8.38. The van der Waals surface area contributed by atoms with Crippen LogP contribution in [0.3, 0.4) is 0 Å². The summed E-state index contributed by atoms with van der Waals surface area (Å²) in [5.74, 6) is 0. The van der Waals surface area contributed by atoms with E-state index in [9.17, 15) is 8.42 Å². The average molecular weight is 606 g/mol. The van der Waals surface area contributed by atoms with Crippen molar-refractivity contribution in [2.75, 3.05) is 13.1 Å². The Hall–Kier alpha value is -1.01. The van der Waals surface area contributed by atoms with Crippen molar-refractivity contribution in [3.05, 3.63) is 62.3 Å². The van der Waals surface area contributed by atoms with E-state index < -0.39 is 10.0 Å². The maximum absolute atomic E-state index is 12.7. The van der Waals surface area contributed by atoms with Crippen molar-refractivity contribution in [2.24, 2.45) is 12.0 Å². The second-order valence-electron chi connectivity index (χ2n) is 6.69. The summed E-state index contributed by atoms with van der Waals surface area (Å²) in [6.45, 7) is 1.24. The zero-order chi connectivity index (χ0) is 19.7. The molecule has 2 aromatic carbocycles. The number of rotatable bonds is 4. The smallest absolute Gasteiger partial charge is 0.243 e.